The summed E-state index contributed by atoms with van der Waals surface area (Å²) in [5.41, 5.74) is 3.40. The van der Waals surface area contributed by atoms with Crippen LogP contribution < -0.4 is 4.90 Å². The first-order valence-electron chi connectivity index (χ1n) is 6.61. The maximum Gasteiger partial charge on any atom is 0.0402 e. The van der Waals surface area contributed by atoms with E-state index in [1.165, 1.54) is 17.7 Å². The average Bonchev–Trinajstić information content (AvgIpc) is 2.34. The SMILES string of the molecule is Cc1ccccc1N1[C@H](C)C(C)(C)CC1(C)C. The second-order valence-electron chi connectivity index (χ2n) is 6.81. The Morgan fingerprint density at radius 2 is 1.71 bits per heavy atom. The summed E-state index contributed by atoms with van der Waals surface area (Å²) in [5.74, 6) is 0. The van der Waals surface area contributed by atoms with Gasteiger partial charge in [0.1, 0.15) is 0 Å². The zero-order valence-corrected chi connectivity index (χ0v) is 12.0. The third-order valence-corrected chi connectivity index (χ3v) is 4.43. The van der Waals surface area contributed by atoms with E-state index in [2.05, 4.69) is 70.7 Å². The molecule has 0 radical (unpaired) electrons. The second kappa shape index (κ2) is 3.76. The van der Waals surface area contributed by atoms with Crippen molar-refractivity contribution in [2.24, 2.45) is 5.41 Å². The van der Waals surface area contributed by atoms with Crippen molar-refractivity contribution in [2.45, 2.75) is 59.5 Å². The molecule has 0 bridgehead atoms. The maximum atomic E-state index is 2.61. The number of hydrogen-bond donors (Lipinski definition) is 0. The summed E-state index contributed by atoms with van der Waals surface area (Å²) in [4.78, 5) is 2.61. The lowest BCUT2D eigenvalue weighted by atomic mass is 9.82. The Morgan fingerprint density at radius 3 is 2.18 bits per heavy atom. The quantitative estimate of drug-likeness (QED) is 0.692. The highest BCUT2D eigenvalue weighted by molar-refractivity contribution is 5.57. The van der Waals surface area contributed by atoms with Gasteiger partial charge in [-0.2, -0.15) is 0 Å². The minimum Gasteiger partial charge on any atom is -0.363 e. The molecule has 0 N–H and O–H groups in total. The molecule has 1 aliphatic rings. The van der Waals surface area contributed by atoms with Gasteiger partial charge >= 0.3 is 0 Å². The molecule has 1 heteroatoms. The van der Waals surface area contributed by atoms with Gasteiger partial charge in [-0.3, -0.25) is 0 Å². The van der Waals surface area contributed by atoms with Gasteiger partial charge in [-0.15, -0.1) is 0 Å². The highest BCUT2D eigenvalue weighted by Gasteiger charge is 2.48. The van der Waals surface area contributed by atoms with Crippen molar-refractivity contribution in [1.82, 2.24) is 0 Å². The van der Waals surface area contributed by atoms with E-state index in [0.717, 1.165) is 0 Å². The van der Waals surface area contributed by atoms with Crippen molar-refractivity contribution in [3.8, 4) is 0 Å². The molecule has 0 aliphatic carbocycles. The van der Waals surface area contributed by atoms with Gasteiger partial charge in [0, 0.05) is 17.3 Å². The summed E-state index contributed by atoms with van der Waals surface area (Å²) < 4.78 is 0. The first kappa shape index (κ1) is 12.5. The molecule has 1 fully saturated rings. The van der Waals surface area contributed by atoms with Crippen molar-refractivity contribution in [3.63, 3.8) is 0 Å². The standard InChI is InChI=1S/C16H25N/c1-12-9-7-8-10-14(12)17-13(2)15(3,4)11-16(17,5)6/h7-10,13H,11H2,1-6H3/t13-/m1/s1. The molecule has 1 aromatic carbocycles. The second-order valence-corrected chi connectivity index (χ2v) is 6.81. The lowest BCUT2D eigenvalue weighted by Crippen LogP contribution is -2.43. The Kier molecular flexibility index (Phi) is 2.76. The molecule has 0 unspecified atom stereocenters. The van der Waals surface area contributed by atoms with Crippen LogP contribution in [0.4, 0.5) is 5.69 Å². The van der Waals surface area contributed by atoms with Gasteiger partial charge in [0.25, 0.3) is 0 Å². The van der Waals surface area contributed by atoms with E-state index in [1.54, 1.807) is 0 Å². The summed E-state index contributed by atoms with van der Waals surface area (Å²) >= 11 is 0. The van der Waals surface area contributed by atoms with Crippen molar-refractivity contribution >= 4 is 5.69 Å². The molecule has 0 amide bonds. The van der Waals surface area contributed by atoms with Gasteiger partial charge in [0.15, 0.2) is 0 Å². The smallest absolute Gasteiger partial charge is 0.0402 e. The van der Waals surface area contributed by atoms with Crippen molar-refractivity contribution < 1.29 is 0 Å². The fourth-order valence-electron chi connectivity index (χ4n) is 3.59. The average molecular weight is 231 g/mol. The van der Waals surface area contributed by atoms with Gasteiger partial charge in [0.05, 0.1) is 0 Å². The molecule has 2 rings (SSSR count). The number of para-hydroxylation sites is 1. The lowest BCUT2D eigenvalue weighted by molar-refractivity contribution is 0.329. The monoisotopic (exact) mass is 231 g/mol. The molecule has 0 saturated carbocycles. The van der Waals surface area contributed by atoms with Crippen LogP contribution in [0.5, 0.6) is 0 Å². The molecule has 1 aromatic rings. The summed E-state index contributed by atoms with van der Waals surface area (Å²) in [5, 5.41) is 0. The lowest BCUT2D eigenvalue weighted by Gasteiger charge is -2.38. The van der Waals surface area contributed by atoms with Crippen molar-refractivity contribution in [2.75, 3.05) is 4.90 Å². The van der Waals surface area contributed by atoms with Crippen molar-refractivity contribution in [1.29, 1.82) is 0 Å². The van der Waals surface area contributed by atoms with E-state index in [1.807, 2.05) is 0 Å². The predicted molar refractivity (Wildman–Crippen MR) is 75.6 cm³/mol. The number of rotatable bonds is 1. The molecule has 0 spiro atoms. The molecule has 1 heterocycles. The zero-order valence-electron chi connectivity index (χ0n) is 12.0. The van der Waals surface area contributed by atoms with Crippen LogP contribution in [0.25, 0.3) is 0 Å². The van der Waals surface area contributed by atoms with Crippen LogP contribution in [0, 0.1) is 12.3 Å². The Labute approximate surface area is 106 Å². The van der Waals surface area contributed by atoms with Gasteiger partial charge in [-0.1, -0.05) is 32.0 Å². The fourth-order valence-corrected chi connectivity index (χ4v) is 3.59. The van der Waals surface area contributed by atoms with E-state index < -0.39 is 0 Å². The van der Waals surface area contributed by atoms with E-state index in [9.17, 15) is 0 Å². The molecule has 0 aromatic heterocycles. The van der Waals surface area contributed by atoms with Gasteiger partial charge in [-0.05, 0) is 51.2 Å². The van der Waals surface area contributed by atoms with E-state index in [-0.39, 0.29) is 5.54 Å². The summed E-state index contributed by atoms with van der Waals surface area (Å²) in [6.45, 7) is 14.1. The Bertz CT molecular complexity index is 417. The minimum atomic E-state index is 0.245. The first-order chi connectivity index (χ1) is 7.76. The normalized spacial score (nSPS) is 26.2. The number of aryl methyl sites for hydroxylation is 1. The third kappa shape index (κ3) is 1.96. The molecule has 94 valence electrons. The number of hydrogen-bond acceptors (Lipinski definition) is 1. The summed E-state index contributed by atoms with van der Waals surface area (Å²) in [7, 11) is 0. The van der Waals surface area contributed by atoms with Gasteiger partial charge < -0.3 is 4.90 Å². The van der Waals surface area contributed by atoms with E-state index in [0.29, 0.717) is 11.5 Å². The van der Waals surface area contributed by atoms with Gasteiger partial charge in [-0.25, -0.2) is 0 Å². The number of anilines is 1. The maximum absolute atomic E-state index is 2.61. The molecule has 1 atom stereocenters. The van der Waals surface area contributed by atoms with Crippen LogP contribution in [0.1, 0.15) is 46.6 Å². The van der Waals surface area contributed by atoms with Crippen LogP contribution in [0.15, 0.2) is 24.3 Å². The summed E-state index contributed by atoms with van der Waals surface area (Å²) in [6.07, 6.45) is 1.25. The summed E-state index contributed by atoms with van der Waals surface area (Å²) in [6, 6.07) is 9.32. The highest BCUT2D eigenvalue weighted by atomic mass is 15.3. The van der Waals surface area contributed by atoms with Crippen LogP contribution in [0.3, 0.4) is 0 Å². The molecule has 1 aliphatic heterocycles. The van der Waals surface area contributed by atoms with Crippen LogP contribution >= 0.6 is 0 Å². The van der Waals surface area contributed by atoms with E-state index in [4.69, 9.17) is 0 Å². The highest BCUT2D eigenvalue weighted by Crippen LogP contribution is 2.48. The largest absolute Gasteiger partial charge is 0.363 e. The van der Waals surface area contributed by atoms with Crippen LogP contribution in [-0.2, 0) is 0 Å². The molecular weight excluding hydrogens is 206 g/mol. The Hall–Kier alpha value is -0.980. The topological polar surface area (TPSA) is 3.24 Å². The molecule has 17 heavy (non-hydrogen) atoms. The van der Waals surface area contributed by atoms with Crippen LogP contribution in [0.2, 0.25) is 0 Å². The van der Waals surface area contributed by atoms with Crippen LogP contribution in [-0.4, -0.2) is 11.6 Å². The van der Waals surface area contributed by atoms with Crippen molar-refractivity contribution in [3.05, 3.63) is 29.8 Å². The number of nitrogens with zero attached hydrogens (tertiary/aromatic N) is 1. The number of benzene rings is 1. The molecule has 1 nitrogen and oxygen atoms in total. The third-order valence-electron chi connectivity index (χ3n) is 4.43. The predicted octanol–water partition coefficient (Wildman–Crippen LogP) is 4.40. The zero-order chi connectivity index (χ0) is 12.8. The Morgan fingerprint density at radius 1 is 1.12 bits per heavy atom. The fraction of sp³-hybridized carbons (Fsp3) is 0.625. The van der Waals surface area contributed by atoms with Gasteiger partial charge in [0.2, 0.25) is 0 Å². The minimum absolute atomic E-state index is 0.245. The van der Waals surface area contributed by atoms with E-state index >= 15 is 0 Å². The first-order valence-corrected chi connectivity index (χ1v) is 6.61. The molecule has 1 saturated heterocycles. The Balaban J connectivity index is 2.48. The molecular formula is C16H25N.